The summed E-state index contributed by atoms with van der Waals surface area (Å²) < 4.78 is 18.7. The molecule has 0 radical (unpaired) electrons. The fraction of sp³-hybridized carbons (Fsp3) is 0.154. The Balaban J connectivity index is 2.39. The maximum Gasteiger partial charge on any atom is 0.356 e. The van der Waals surface area contributed by atoms with Crippen LogP contribution >= 0.6 is 0 Å². The number of ether oxygens (including phenoxy) is 1. The minimum Gasteiger partial charge on any atom is -0.461 e. The summed E-state index contributed by atoms with van der Waals surface area (Å²) in [5.74, 6) is -1.22. The second-order valence-electron chi connectivity index (χ2n) is 3.67. The molecular weight excluding hydrogens is 249 g/mol. The summed E-state index contributed by atoms with van der Waals surface area (Å²) >= 11 is 0. The predicted molar refractivity (Wildman–Crippen MR) is 64.7 cm³/mol. The van der Waals surface area contributed by atoms with Gasteiger partial charge in [-0.15, -0.1) is 0 Å². The number of nitriles is 1. The Morgan fingerprint density at radius 3 is 3.05 bits per heavy atom. The molecule has 1 heterocycles. The van der Waals surface area contributed by atoms with Gasteiger partial charge in [-0.25, -0.2) is 9.18 Å². The fourth-order valence-corrected chi connectivity index (χ4v) is 1.59. The van der Waals surface area contributed by atoms with Gasteiger partial charge in [-0.1, -0.05) is 6.07 Å². The summed E-state index contributed by atoms with van der Waals surface area (Å²) in [6.45, 7) is 1.93. The van der Waals surface area contributed by atoms with Crippen LogP contribution < -0.4 is 0 Å². The Morgan fingerprint density at radius 2 is 2.37 bits per heavy atom. The Morgan fingerprint density at radius 1 is 1.58 bits per heavy atom. The number of benzene rings is 1. The lowest BCUT2D eigenvalue weighted by atomic mass is 10.1. The normalized spacial score (nSPS) is 9.95. The van der Waals surface area contributed by atoms with Crippen LogP contribution in [0.2, 0.25) is 0 Å². The number of aromatic nitrogens is 2. The molecule has 0 fully saturated rings. The molecule has 1 aromatic carbocycles. The van der Waals surface area contributed by atoms with E-state index in [0.29, 0.717) is 0 Å². The molecule has 2 aromatic rings. The van der Waals surface area contributed by atoms with Crippen molar-refractivity contribution in [3.8, 4) is 17.3 Å². The van der Waals surface area contributed by atoms with E-state index in [1.807, 2.05) is 0 Å². The van der Waals surface area contributed by atoms with Gasteiger partial charge in [-0.05, 0) is 25.1 Å². The number of esters is 1. The highest BCUT2D eigenvalue weighted by Crippen LogP contribution is 2.23. The van der Waals surface area contributed by atoms with Crippen molar-refractivity contribution in [2.45, 2.75) is 6.92 Å². The SMILES string of the molecule is CCOC(=O)c1cc(-c2cccc(C#N)c2F)n[nH]1. The number of H-pyrrole nitrogens is 1. The van der Waals surface area contributed by atoms with Crippen LogP contribution in [-0.2, 0) is 4.74 Å². The Hall–Kier alpha value is -2.68. The highest BCUT2D eigenvalue weighted by molar-refractivity contribution is 5.88. The lowest BCUT2D eigenvalue weighted by molar-refractivity contribution is 0.0519. The van der Waals surface area contributed by atoms with Crippen LogP contribution in [0.5, 0.6) is 0 Å². The zero-order chi connectivity index (χ0) is 13.8. The molecule has 0 aliphatic carbocycles. The first-order chi connectivity index (χ1) is 9.17. The van der Waals surface area contributed by atoms with E-state index in [1.165, 1.54) is 18.2 Å². The van der Waals surface area contributed by atoms with Crippen molar-refractivity contribution in [2.75, 3.05) is 6.61 Å². The molecule has 0 saturated heterocycles. The number of carbonyl (C=O) groups excluding carboxylic acids is 1. The quantitative estimate of drug-likeness (QED) is 0.857. The lowest BCUT2D eigenvalue weighted by Gasteiger charge is -1.99. The van der Waals surface area contributed by atoms with Gasteiger partial charge in [0.1, 0.15) is 17.6 Å². The summed E-state index contributed by atoms with van der Waals surface area (Å²) in [5, 5.41) is 15.1. The third kappa shape index (κ3) is 2.45. The van der Waals surface area contributed by atoms with Crippen molar-refractivity contribution in [3.63, 3.8) is 0 Å². The van der Waals surface area contributed by atoms with Crippen LogP contribution in [0.3, 0.4) is 0 Å². The van der Waals surface area contributed by atoms with Gasteiger partial charge in [-0.3, -0.25) is 5.10 Å². The number of hydrogen-bond donors (Lipinski definition) is 1. The number of rotatable bonds is 3. The van der Waals surface area contributed by atoms with Crippen molar-refractivity contribution in [1.29, 1.82) is 5.26 Å². The van der Waals surface area contributed by atoms with Crippen molar-refractivity contribution in [1.82, 2.24) is 10.2 Å². The van der Waals surface area contributed by atoms with Gasteiger partial charge in [0.25, 0.3) is 0 Å². The van der Waals surface area contributed by atoms with Crippen LogP contribution in [-0.4, -0.2) is 22.8 Å². The first kappa shape index (κ1) is 12.8. The summed E-state index contributed by atoms with van der Waals surface area (Å²) in [6, 6.07) is 7.55. The van der Waals surface area contributed by atoms with Gasteiger partial charge in [0.05, 0.1) is 17.9 Å². The van der Waals surface area contributed by atoms with Crippen LogP contribution in [0, 0.1) is 17.1 Å². The Kier molecular flexibility index (Phi) is 3.57. The van der Waals surface area contributed by atoms with E-state index >= 15 is 0 Å². The second kappa shape index (κ2) is 5.31. The fourth-order valence-electron chi connectivity index (χ4n) is 1.59. The molecule has 0 unspecified atom stereocenters. The standard InChI is InChI=1S/C13H10FN3O2/c1-2-19-13(18)11-6-10(16-17-11)9-5-3-4-8(7-15)12(9)14/h3-6H,2H2,1H3,(H,16,17). The van der Waals surface area contributed by atoms with E-state index in [4.69, 9.17) is 10.00 Å². The van der Waals surface area contributed by atoms with Gasteiger partial charge in [0.15, 0.2) is 0 Å². The average Bonchev–Trinajstić information content (AvgIpc) is 2.89. The largest absolute Gasteiger partial charge is 0.461 e. The van der Waals surface area contributed by atoms with Crippen LogP contribution in [0.15, 0.2) is 24.3 Å². The van der Waals surface area contributed by atoms with E-state index in [2.05, 4.69) is 10.2 Å². The third-order valence-electron chi connectivity index (χ3n) is 2.47. The van der Waals surface area contributed by atoms with Crippen LogP contribution in [0.4, 0.5) is 4.39 Å². The number of aromatic amines is 1. The molecule has 6 heteroatoms. The molecule has 2 rings (SSSR count). The first-order valence-corrected chi connectivity index (χ1v) is 5.59. The summed E-state index contributed by atoms with van der Waals surface area (Å²) in [4.78, 5) is 11.5. The molecule has 19 heavy (non-hydrogen) atoms. The number of halogens is 1. The number of nitrogens with one attached hydrogen (secondary N) is 1. The van der Waals surface area contributed by atoms with Gasteiger partial charge in [-0.2, -0.15) is 10.4 Å². The van der Waals surface area contributed by atoms with E-state index in [-0.39, 0.29) is 29.1 Å². The molecule has 0 amide bonds. The molecule has 0 bridgehead atoms. The zero-order valence-electron chi connectivity index (χ0n) is 10.1. The van der Waals surface area contributed by atoms with Crippen molar-refractivity contribution in [3.05, 3.63) is 41.3 Å². The topological polar surface area (TPSA) is 78.8 Å². The van der Waals surface area contributed by atoms with Gasteiger partial charge < -0.3 is 4.74 Å². The van der Waals surface area contributed by atoms with Crippen molar-refractivity contribution < 1.29 is 13.9 Å². The molecule has 0 atom stereocenters. The lowest BCUT2D eigenvalue weighted by Crippen LogP contribution is -2.04. The highest BCUT2D eigenvalue weighted by Gasteiger charge is 2.15. The molecule has 1 N–H and O–H groups in total. The van der Waals surface area contributed by atoms with E-state index in [0.717, 1.165) is 0 Å². The van der Waals surface area contributed by atoms with Gasteiger partial charge in [0.2, 0.25) is 0 Å². The number of carbonyl (C=O) groups is 1. The zero-order valence-corrected chi connectivity index (χ0v) is 10.1. The summed E-state index contributed by atoms with van der Waals surface area (Å²) in [6.07, 6.45) is 0. The predicted octanol–water partition coefficient (Wildman–Crippen LogP) is 2.26. The summed E-state index contributed by atoms with van der Waals surface area (Å²) in [7, 11) is 0. The highest BCUT2D eigenvalue weighted by atomic mass is 19.1. The monoisotopic (exact) mass is 259 g/mol. The number of hydrogen-bond acceptors (Lipinski definition) is 4. The van der Waals surface area contributed by atoms with E-state index in [1.54, 1.807) is 19.1 Å². The van der Waals surface area contributed by atoms with Crippen molar-refractivity contribution in [2.24, 2.45) is 0 Å². The first-order valence-electron chi connectivity index (χ1n) is 5.59. The maximum atomic E-state index is 13.9. The van der Waals surface area contributed by atoms with Crippen molar-refractivity contribution >= 4 is 5.97 Å². The molecule has 0 saturated carbocycles. The third-order valence-corrected chi connectivity index (χ3v) is 2.47. The molecule has 5 nitrogen and oxygen atoms in total. The van der Waals surface area contributed by atoms with E-state index in [9.17, 15) is 9.18 Å². The number of nitrogens with zero attached hydrogens (tertiary/aromatic N) is 2. The average molecular weight is 259 g/mol. The molecule has 0 spiro atoms. The van der Waals surface area contributed by atoms with Gasteiger partial charge in [0, 0.05) is 5.56 Å². The van der Waals surface area contributed by atoms with Crippen LogP contribution in [0.25, 0.3) is 11.3 Å². The molecule has 0 aliphatic rings. The molecule has 96 valence electrons. The minimum atomic E-state index is -0.660. The molecular formula is C13H10FN3O2. The Bertz CT molecular complexity index is 658. The summed E-state index contributed by atoms with van der Waals surface area (Å²) in [5.41, 5.74) is 0.472. The molecule has 0 aliphatic heterocycles. The van der Waals surface area contributed by atoms with Crippen LogP contribution in [0.1, 0.15) is 23.0 Å². The minimum absolute atomic E-state index is 0.0711. The maximum absolute atomic E-state index is 13.9. The van der Waals surface area contributed by atoms with E-state index < -0.39 is 11.8 Å². The smallest absolute Gasteiger partial charge is 0.356 e. The Labute approximate surface area is 108 Å². The second-order valence-corrected chi connectivity index (χ2v) is 3.67. The van der Waals surface area contributed by atoms with Gasteiger partial charge >= 0.3 is 5.97 Å². The molecule has 1 aromatic heterocycles.